The number of hydrogen-bond acceptors (Lipinski definition) is 3. The molecule has 3 rings (SSSR count). The first-order chi connectivity index (χ1) is 12.0. The van der Waals surface area contributed by atoms with Crippen molar-refractivity contribution in [3.63, 3.8) is 0 Å². The van der Waals surface area contributed by atoms with Crippen molar-refractivity contribution in [3.05, 3.63) is 70.3 Å². The van der Waals surface area contributed by atoms with Crippen LogP contribution in [0, 0.1) is 0 Å². The number of benzene rings is 1. The van der Waals surface area contributed by atoms with Gasteiger partial charge in [0.05, 0.1) is 18.2 Å². The minimum absolute atomic E-state index is 0.120. The summed E-state index contributed by atoms with van der Waals surface area (Å²) < 4.78 is 1.40. The van der Waals surface area contributed by atoms with E-state index in [2.05, 4.69) is 5.32 Å². The fourth-order valence-electron chi connectivity index (χ4n) is 2.97. The Kier molecular flexibility index (Phi) is 4.52. The molecule has 0 aliphatic carbocycles. The second-order valence-electron chi connectivity index (χ2n) is 6.01. The van der Waals surface area contributed by atoms with E-state index in [0.717, 1.165) is 11.1 Å². The summed E-state index contributed by atoms with van der Waals surface area (Å²) >= 11 is 0. The van der Waals surface area contributed by atoms with Crippen molar-refractivity contribution in [2.24, 2.45) is 7.05 Å². The molecule has 1 aliphatic heterocycles. The van der Waals surface area contributed by atoms with Crippen molar-refractivity contribution >= 4 is 23.6 Å². The van der Waals surface area contributed by atoms with Gasteiger partial charge in [-0.25, -0.2) is 0 Å². The van der Waals surface area contributed by atoms with Crippen LogP contribution in [0.25, 0.3) is 6.08 Å². The van der Waals surface area contributed by atoms with E-state index in [4.69, 9.17) is 0 Å². The Hall–Kier alpha value is -3.15. The molecule has 25 heavy (non-hydrogen) atoms. The van der Waals surface area contributed by atoms with Crippen molar-refractivity contribution < 1.29 is 9.59 Å². The number of carbonyl (C=O) groups excluding carboxylic acids is 2. The average molecular weight is 337 g/mol. The van der Waals surface area contributed by atoms with Gasteiger partial charge in [0.2, 0.25) is 17.4 Å². The Bertz CT molecular complexity index is 914. The van der Waals surface area contributed by atoms with Crippen LogP contribution in [-0.4, -0.2) is 21.3 Å². The maximum Gasteiger partial charge on any atom is 0.250 e. The summed E-state index contributed by atoms with van der Waals surface area (Å²) in [5, 5.41) is 2.79. The lowest BCUT2D eigenvalue weighted by Crippen LogP contribution is -2.33. The van der Waals surface area contributed by atoms with Crippen LogP contribution in [0.4, 0.5) is 5.69 Å². The lowest BCUT2D eigenvalue weighted by atomic mass is 9.93. The molecule has 1 atom stereocenters. The first kappa shape index (κ1) is 16.7. The third kappa shape index (κ3) is 3.52. The molecule has 0 saturated carbocycles. The number of pyridine rings is 1. The number of aryl methyl sites for hydroxylation is 1. The molecule has 0 spiro atoms. The number of nitrogens with zero attached hydrogens (tertiary/aromatic N) is 2. The number of anilines is 1. The van der Waals surface area contributed by atoms with Gasteiger partial charge in [0.1, 0.15) is 0 Å². The molecule has 2 heterocycles. The molecule has 2 aromatic rings. The minimum Gasteiger partial charge on any atom is -0.325 e. The van der Waals surface area contributed by atoms with Crippen molar-refractivity contribution in [2.45, 2.75) is 19.4 Å². The minimum atomic E-state index is -0.355. The maximum absolute atomic E-state index is 12.5. The third-order valence-corrected chi connectivity index (χ3v) is 4.22. The molecule has 2 amide bonds. The summed E-state index contributed by atoms with van der Waals surface area (Å²) in [4.78, 5) is 37.4. The van der Waals surface area contributed by atoms with Crippen molar-refractivity contribution in [3.8, 4) is 0 Å². The van der Waals surface area contributed by atoms with E-state index in [0.29, 0.717) is 5.69 Å². The molecule has 1 aromatic heterocycles. The Morgan fingerprint density at radius 1 is 1.16 bits per heavy atom. The fourth-order valence-corrected chi connectivity index (χ4v) is 2.97. The molecule has 1 N–H and O–H groups in total. The van der Waals surface area contributed by atoms with Crippen LogP contribution in [0.1, 0.15) is 30.5 Å². The first-order valence-electron chi connectivity index (χ1n) is 7.98. The Balaban J connectivity index is 1.82. The van der Waals surface area contributed by atoms with Gasteiger partial charge in [0, 0.05) is 32.4 Å². The molecule has 6 heteroatoms. The lowest BCUT2D eigenvalue weighted by Gasteiger charge is -2.32. The molecule has 0 fully saturated rings. The van der Waals surface area contributed by atoms with Gasteiger partial charge in [-0.05, 0) is 23.3 Å². The van der Waals surface area contributed by atoms with E-state index in [1.54, 1.807) is 30.4 Å². The van der Waals surface area contributed by atoms with Crippen molar-refractivity contribution in [1.82, 2.24) is 9.47 Å². The van der Waals surface area contributed by atoms with E-state index in [1.165, 1.54) is 17.6 Å². The predicted octanol–water partition coefficient (Wildman–Crippen LogP) is 2.29. The zero-order chi connectivity index (χ0) is 18.0. The zero-order valence-electron chi connectivity index (χ0n) is 14.1. The summed E-state index contributed by atoms with van der Waals surface area (Å²) in [7, 11) is 1.62. The van der Waals surface area contributed by atoms with Gasteiger partial charge in [0.25, 0.3) is 0 Å². The summed E-state index contributed by atoms with van der Waals surface area (Å²) in [6.07, 6.45) is 5.29. The maximum atomic E-state index is 12.5. The van der Waals surface area contributed by atoms with Gasteiger partial charge in [0.15, 0.2) is 0 Å². The molecule has 1 aliphatic rings. The number of amides is 2. The Morgan fingerprint density at radius 3 is 2.64 bits per heavy atom. The van der Waals surface area contributed by atoms with Gasteiger partial charge in [-0.15, -0.1) is 0 Å². The summed E-state index contributed by atoms with van der Waals surface area (Å²) in [5.41, 5.74) is 2.34. The highest BCUT2D eigenvalue weighted by atomic mass is 16.2. The molecule has 1 unspecified atom stereocenters. The Labute approximate surface area is 145 Å². The second kappa shape index (κ2) is 6.76. The number of hydrogen-bond donors (Lipinski definition) is 1. The Morgan fingerprint density at radius 2 is 1.92 bits per heavy atom. The normalized spacial score (nSPS) is 15.6. The molecule has 1 aromatic carbocycles. The number of rotatable bonds is 3. The van der Waals surface area contributed by atoms with Crippen LogP contribution < -0.4 is 10.9 Å². The summed E-state index contributed by atoms with van der Waals surface area (Å²) in [6, 6.07) is 10.3. The molecular formula is C19H19N3O3. The van der Waals surface area contributed by atoms with Crippen LogP contribution in [-0.2, 0) is 16.6 Å². The highest BCUT2D eigenvalue weighted by Gasteiger charge is 2.28. The molecule has 128 valence electrons. The number of aromatic nitrogens is 1. The van der Waals surface area contributed by atoms with Crippen LogP contribution in [0.2, 0.25) is 0 Å². The number of carbonyl (C=O) groups is 2. The standard InChI is InChI=1S/C19H19N3O3/c1-13(23)22-10-9-14-5-3-4-6-16(14)17(22)11-18(24)20-15-7-8-19(25)21(2)12-15/h3-10,12,17H,11H2,1-2H3,(H,20,24). The lowest BCUT2D eigenvalue weighted by molar-refractivity contribution is -0.129. The fraction of sp³-hybridized carbons (Fsp3) is 0.211. The van der Waals surface area contributed by atoms with Gasteiger partial charge in [-0.3, -0.25) is 14.4 Å². The number of fused-ring (bicyclic) bond motifs is 1. The van der Waals surface area contributed by atoms with Gasteiger partial charge >= 0.3 is 0 Å². The van der Waals surface area contributed by atoms with E-state index >= 15 is 0 Å². The smallest absolute Gasteiger partial charge is 0.250 e. The topological polar surface area (TPSA) is 71.4 Å². The predicted molar refractivity (Wildman–Crippen MR) is 95.7 cm³/mol. The van der Waals surface area contributed by atoms with E-state index in [-0.39, 0.29) is 29.8 Å². The molecule has 0 bridgehead atoms. The van der Waals surface area contributed by atoms with Crippen LogP contribution in [0.5, 0.6) is 0 Å². The van der Waals surface area contributed by atoms with Gasteiger partial charge in [-0.2, -0.15) is 0 Å². The van der Waals surface area contributed by atoms with Crippen LogP contribution >= 0.6 is 0 Å². The van der Waals surface area contributed by atoms with Crippen molar-refractivity contribution in [1.29, 1.82) is 0 Å². The monoisotopic (exact) mass is 337 g/mol. The number of nitrogens with one attached hydrogen (secondary N) is 1. The average Bonchev–Trinajstić information content (AvgIpc) is 2.58. The quantitative estimate of drug-likeness (QED) is 0.934. The largest absolute Gasteiger partial charge is 0.325 e. The SMILES string of the molecule is CC(=O)N1C=Cc2ccccc2C1CC(=O)Nc1ccc(=O)n(C)c1. The third-order valence-electron chi connectivity index (χ3n) is 4.22. The van der Waals surface area contributed by atoms with Crippen LogP contribution in [0.3, 0.4) is 0 Å². The van der Waals surface area contributed by atoms with E-state index in [9.17, 15) is 14.4 Å². The highest BCUT2D eigenvalue weighted by Crippen LogP contribution is 2.33. The van der Waals surface area contributed by atoms with E-state index < -0.39 is 0 Å². The first-order valence-corrected chi connectivity index (χ1v) is 7.98. The molecule has 6 nitrogen and oxygen atoms in total. The summed E-state index contributed by atoms with van der Waals surface area (Å²) in [5.74, 6) is -0.342. The highest BCUT2D eigenvalue weighted by molar-refractivity contribution is 5.92. The summed E-state index contributed by atoms with van der Waals surface area (Å²) in [6.45, 7) is 1.48. The second-order valence-corrected chi connectivity index (χ2v) is 6.01. The zero-order valence-corrected chi connectivity index (χ0v) is 14.1. The van der Waals surface area contributed by atoms with E-state index in [1.807, 2.05) is 30.3 Å². The van der Waals surface area contributed by atoms with Gasteiger partial charge in [-0.1, -0.05) is 24.3 Å². The van der Waals surface area contributed by atoms with Crippen LogP contribution in [0.15, 0.2) is 53.6 Å². The van der Waals surface area contributed by atoms with Gasteiger partial charge < -0.3 is 14.8 Å². The molecular weight excluding hydrogens is 318 g/mol. The molecule has 0 saturated heterocycles. The molecule has 0 radical (unpaired) electrons. The van der Waals surface area contributed by atoms with Crippen molar-refractivity contribution in [2.75, 3.05) is 5.32 Å².